The molecule has 5 heteroatoms. The zero-order chi connectivity index (χ0) is 11.8. The van der Waals surface area contributed by atoms with Crippen LogP contribution in [-0.4, -0.2) is 62.7 Å². The van der Waals surface area contributed by atoms with E-state index in [1.54, 1.807) is 0 Å². The summed E-state index contributed by atoms with van der Waals surface area (Å²) in [5.74, 6) is 0. The van der Waals surface area contributed by atoms with Gasteiger partial charge in [-0.05, 0) is 13.8 Å². The molecule has 0 aromatic heterocycles. The maximum absolute atomic E-state index is 10.9. The Labute approximate surface area is 98.0 Å². The molecular formula is C11H24N4O. The molecule has 0 bridgehead atoms. The lowest BCUT2D eigenvalue weighted by molar-refractivity contribution is -0.118. The number of nitrogens with one attached hydrogen (secondary N) is 3. The summed E-state index contributed by atoms with van der Waals surface area (Å²) in [5.41, 5.74) is 0. The molecule has 1 aliphatic rings. The van der Waals surface area contributed by atoms with E-state index in [0.29, 0.717) is 12.1 Å². The minimum atomic E-state index is 0.335. The fourth-order valence-electron chi connectivity index (χ4n) is 1.98. The second-order valence-electron chi connectivity index (χ2n) is 4.52. The van der Waals surface area contributed by atoms with Crippen LogP contribution in [0.4, 0.5) is 0 Å². The Morgan fingerprint density at radius 3 is 2.62 bits per heavy atom. The van der Waals surface area contributed by atoms with Crippen LogP contribution in [0, 0.1) is 0 Å². The molecule has 1 rings (SSSR count). The molecule has 0 aliphatic carbocycles. The van der Waals surface area contributed by atoms with Crippen LogP contribution in [0.1, 0.15) is 13.8 Å². The van der Waals surface area contributed by atoms with Gasteiger partial charge in [0.05, 0.1) is 0 Å². The molecule has 1 saturated heterocycles. The number of rotatable bonds is 1. The minimum Gasteiger partial charge on any atom is -0.342 e. The molecule has 0 spiro atoms. The van der Waals surface area contributed by atoms with Crippen molar-refractivity contribution in [1.82, 2.24) is 20.9 Å². The summed E-state index contributed by atoms with van der Waals surface area (Å²) in [5, 5.41) is 10.2. The van der Waals surface area contributed by atoms with E-state index in [1.807, 2.05) is 4.90 Å². The van der Waals surface area contributed by atoms with Crippen LogP contribution in [0.2, 0.25) is 0 Å². The molecule has 5 nitrogen and oxygen atoms in total. The van der Waals surface area contributed by atoms with Gasteiger partial charge < -0.3 is 20.9 Å². The third-order valence-corrected chi connectivity index (χ3v) is 2.73. The average Bonchev–Trinajstić information content (AvgIpc) is 2.24. The molecule has 0 aromatic rings. The van der Waals surface area contributed by atoms with Crippen molar-refractivity contribution < 1.29 is 4.79 Å². The number of carbonyl (C=O) groups is 1. The van der Waals surface area contributed by atoms with Gasteiger partial charge in [0.15, 0.2) is 0 Å². The quantitative estimate of drug-likeness (QED) is 0.504. The van der Waals surface area contributed by atoms with Crippen LogP contribution in [-0.2, 0) is 4.79 Å². The van der Waals surface area contributed by atoms with Gasteiger partial charge in [0, 0.05) is 51.4 Å². The molecule has 94 valence electrons. The summed E-state index contributed by atoms with van der Waals surface area (Å²) in [6, 6.07) is 0.768. The van der Waals surface area contributed by atoms with E-state index < -0.39 is 0 Å². The Kier molecular flexibility index (Phi) is 6.37. The van der Waals surface area contributed by atoms with Crippen molar-refractivity contribution in [2.75, 3.05) is 39.3 Å². The highest BCUT2D eigenvalue weighted by Crippen LogP contribution is 1.92. The zero-order valence-electron chi connectivity index (χ0n) is 10.3. The molecule has 3 N–H and O–H groups in total. The van der Waals surface area contributed by atoms with Gasteiger partial charge in [-0.15, -0.1) is 0 Å². The van der Waals surface area contributed by atoms with E-state index in [-0.39, 0.29) is 0 Å². The van der Waals surface area contributed by atoms with Crippen LogP contribution in [0.15, 0.2) is 0 Å². The molecule has 16 heavy (non-hydrogen) atoms. The summed E-state index contributed by atoms with van der Waals surface area (Å²) in [4.78, 5) is 12.7. The van der Waals surface area contributed by atoms with Crippen molar-refractivity contribution in [3.05, 3.63) is 0 Å². The molecule has 1 heterocycles. The van der Waals surface area contributed by atoms with Crippen LogP contribution in [0.25, 0.3) is 0 Å². The summed E-state index contributed by atoms with van der Waals surface area (Å²) < 4.78 is 0. The van der Waals surface area contributed by atoms with Crippen LogP contribution in [0.3, 0.4) is 0 Å². The predicted octanol–water partition coefficient (Wildman–Crippen LogP) is -0.996. The third kappa shape index (κ3) is 5.44. The van der Waals surface area contributed by atoms with Crippen molar-refractivity contribution in [3.8, 4) is 0 Å². The predicted molar refractivity (Wildman–Crippen MR) is 65.4 cm³/mol. The highest BCUT2D eigenvalue weighted by Gasteiger charge is 2.11. The Bertz CT molecular complexity index is 200. The molecule has 0 saturated carbocycles. The van der Waals surface area contributed by atoms with E-state index in [1.165, 1.54) is 0 Å². The first kappa shape index (κ1) is 13.4. The van der Waals surface area contributed by atoms with Crippen molar-refractivity contribution in [2.24, 2.45) is 0 Å². The van der Waals surface area contributed by atoms with E-state index >= 15 is 0 Å². The number of hydrogen-bond acceptors (Lipinski definition) is 4. The molecule has 2 unspecified atom stereocenters. The maximum atomic E-state index is 10.9. The van der Waals surface area contributed by atoms with Gasteiger partial charge in [-0.2, -0.15) is 0 Å². The molecule has 1 amide bonds. The van der Waals surface area contributed by atoms with Gasteiger partial charge in [-0.25, -0.2) is 0 Å². The standard InChI is InChI=1S/C11H24N4O/c1-10-7-13-4-3-12-5-6-15(9-16)8-11(2)14-10/h9-14H,3-8H2,1-2H3. The van der Waals surface area contributed by atoms with Gasteiger partial charge >= 0.3 is 0 Å². The van der Waals surface area contributed by atoms with Crippen LogP contribution >= 0.6 is 0 Å². The Morgan fingerprint density at radius 1 is 1.12 bits per heavy atom. The number of nitrogens with zero attached hydrogens (tertiary/aromatic N) is 1. The Morgan fingerprint density at radius 2 is 1.88 bits per heavy atom. The topological polar surface area (TPSA) is 56.4 Å². The fourth-order valence-corrected chi connectivity index (χ4v) is 1.98. The van der Waals surface area contributed by atoms with Gasteiger partial charge in [0.2, 0.25) is 6.41 Å². The second kappa shape index (κ2) is 7.60. The summed E-state index contributed by atoms with van der Waals surface area (Å²) in [7, 11) is 0. The third-order valence-electron chi connectivity index (χ3n) is 2.73. The summed E-state index contributed by atoms with van der Waals surface area (Å²) in [6.07, 6.45) is 0.939. The summed E-state index contributed by atoms with van der Waals surface area (Å²) in [6.45, 7) is 9.59. The molecule has 0 aromatic carbocycles. The van der Waals surface area contributed by atoms with E-state index in [4.69, 9.17) is 0 Å². The van der Waals surface area contributed by atoms with Gasteiger partial charge in [0.1, 0.15) is 0 Å². The Hall–Kier alpha value is -0.650. The molecule has 1 fully saturated rings. The second-order valence-corrected chi connectivity index (χ2v) is 4.52. The van der Waals surface area contributed by atoms with Crippen LogP contribution < -0.4 is 16.0 Å². The van der Waals surface area contributed by atoms with Crippen molar-refractivity contribution in [2.45, 2.75) is 25.9 Å². The number of carbonyl (C=O) groups excluding carboxylic acids is 1. The van der Waals surface area contributed by atoms with Crippen LogP contribution in [0.5, 0.6) is 0 Å². The highest BCUT2D eigenvalue weighted by atomic mass is 16.1. The smallest absolute Gasteiger partial charge is 0.209 e. The normalized spacial score (nSPS) is 30.2. The Balaban J connectivity index is 2.42. The van der Waals surface area contributed by atoms with E-state index in [0.717, 1.165) is 45.7 Å². The van der Waals surface area contributed by atoms with Crippen molar-refractivity contribution in [3.63, 3.8) is 0 Å². The highest BCUT2D eigenvalue weighted by molar-refractivity contribution is 5.47. The first-order chi connectivity index (χ1) is 7.72. The van der Waals surface area contributed by atoms with Gasteiger partial charge in [-0.3, -0.25) is 4.79 Å². The summed E-state index contributed by atoms with van der Waals surface area (Å²) >= 11 is 0. The monoisotopic (exact) mass is 228 g/mol. The van der Waals surface area contributed by atoms with Crippen molar-refractivity contribution in [1.29, 1.82) is 0 Å². The molecule has 1 aliphatic heterocycles. The number of amides is 1. The maximum Gasteiger partial charge on any atom is 0.209 e. The fraction of sp³-hybridized carbons (Fsp3) is 0.909. The lowest BCUT2D eigenvalue weighted by Crippen LogP contribution is -2.48. The lowest BCUT2D eigenvalue weighted by Gasteiger charge is -2.26. The average molecular weight is 228 g/mol. The van der Waals surface area contributed by atoms with Crippen molar-refractivity contribution >= 4 is 6.41 Å². The SMILES string of the molecule is CC1CNCCNCCN(C=O)CC(C)N1. The first-order valence-electron chi connectivity index (χ1n) is 6.09. The molecule has 2 atom stereocenters. The minimum absolute atomic E-state index is 0.335. The van der Waals surface area contributed by atoms with E-state index in [9.17, 15) is 4.79 Å². The molecule has 0 radical (unpaired) electrons. The van der Waals surface area contributed by atoms with Gasteiger partial charge in [0.25, 0.3) is 0 Å². The van der Waals surface area contributed by atoms with E-state index in [2.05, 4.69) is 29.8 Å². The molecular weight excluding hydrogens is 204 g/mol. The van der Waals surface area contributed by atoms with Gasteiger partial charge in [-0.1, -0.05) is 0 Å². The number of hydrogen-bond donors (Lipinski definition) is 3. The zero-order valence-corrected chi connectivity index (χ0v) is 10.3. The largest absolute Gasteiger partial charge is 0.342 e. The lowest BCUT2D eigenvalue weighted by atomic mass is 10.2. The first-order valence-corrected chi connectivity index (χ1v) is 6.09.